The smallest absolute Gasteiger partial charge is 0.241 e. The molecule has 1 aromatic rings. The minimum atomic E-state index is -3.92. The molecule has 0 aromatic carbocycles. The van der Waals surface area contributed by atoms with Crippen molar-refractivity contribution < 1.29 is 12.8 Å². The van der Waals surface area contributed by atoms with Gasteiger partial charge in [0.15, 0.2) is 5.82 Å². The van der Waals surface area contributed by atoms with Crippen LogP contribution in [0.1, 0.15) is 13.8 Å². The van der Waals surface area contributed by atoms with E-state index in [1.807, 2.05) is 0 Å². The van der Waals surface area contributed by atoms with Crippen LogP contribution >= 0.6 is 15.9 Å². The average molecular weight is 325 g/mol. The molecule has 0 bridgehead atoms. The monoisotopic (exact) mass is 324 g/mol. The summed E-state index contributed by atoms with van der Waals surface area (Å²) in [5, 5.41) is -0.110. The number of hydrogen-bond acceptors (Lipinski definition) is 3. The van der Waals surface area contributed by atoms with Crippen LogP contribution in [-0.4, -0.2) is 35.6 Å². The standard InChI is InChI=1S/C10H14BrFN2O2S/c1-10(2,7-11)14(3)17(15,16)9-8(12)5-4-6-13-9/h4-6H,7H2,1-3H3. The molecular formula is C10H14BrFN2O2S. The predicted octanol–water partition coefficient (Wildman–Crippen LogP) is 2.01. The summed E-state index contributed by atoms with van der Waals surface area (Å²) in [5.41, 5.74) is -0.664. The van der Waals surface area contributed by atoms with E-state index in [1.165, 1.54) is 19.3 Å². The lowest BCUT2D eigenvalue weighted by molar-refractivity contribution is 0.297. The Balaban J connectivity index is 3.26. The Morgan fingerprint density at radius 2 is 2.12 bits per heavy atom. The van der Waals surface area contributed by atoms with Gasteiger partial charge in [-0.15, -0.1) is 0 Å². The zero-order valence-electron chi connectivity index (χ0n) is 9.81. The lowest BCUT2D eigenvalue weighted by atomic mass is 10.1. The second-order valence-corrected chi connectivity index (χ2v) is 6.65. The average Bonchev–Trinajstić information content (AvgIpc) is 2.28. The van der Waals surface area contributed by atoms with Gasteiger partial charge in [-0.1, -0.05) is 15.9 Å². The third kappa shape index (κ3) is 2.83. The summed E-state index contributed by atoms with van der Waals surface area (Å²) in [6.07, 6.45) is 1.25. The van der Waals surface area contributed by atoms with Crippen LogP contribution in [0.5, 0.6) is 0 Å². The van der Waals surface area contributed by atoms with Crippen LogP contribution in [-0.2, 0) is 10.0 Å². The number of sulfonamides is 1. The molecule has 0 saturated heterocycles. The molecule has 4 nitrogen and oxygen atoms in total. The van der Waals surface area contributed by atoms with Crippen molar-refractivity contribution >= 4 is 26.0 Å². The zero-order valence-corrected chi connectivity index (χ0v) is 12.2. The summed E-state index contributed by atoms with van der Waals surface area (Å²) >= 11 is 3.23. The summed E-state index contributed by atoms with van der Waals surface area (Å²) in [5.74, 6) is -0.843. The largest absolute Gasteiger partial charge is 0.263 e. The minimum absolute atomic E-state index is 0.435. The lowest BCUT2D eigenvalue weighted by Crippen LogP contribution is -2.46. The van der Waals surface area contributed by atoms with E-state index in [4.69, 9.17) is 0 Å². The second kappa shape index (κ2) is 4.99. The number of aromatic nitrogens is 1. The molecule has 0 saturated carbocycles. The van der Waals surface area contributed by atoms with E-state index in [-0.39, 0.29) is 0 Å². The molecule has 0 unspecified atom stereocenters. The van der Waals surface area contributed by atoms with Crippen LogP contribution in [0.25, 0.3) is 0 Å². The molecule has 17 heavy (non-hydrogen) atoms. The van der Waals surface area contributed by atoms with Crippen LogP contribution in [0.2, 0.25) is 0 Å². The van der Waals surface area contributed by atoms with Crippen molar-refractivity contribution in [2.45, 2.75) is 24.4 Å². The molecule has 1 aromatic heterocycles. The fourth-order valence-corrected chi connectivity index (χ4v) is 3.13. The van der Waals surface area contributed by atoms with Crippen LogP contribution < -0.4 is 0 Å². The van der Waals surface area contributed by atoms with Crippen molar-refractivity contribution in [2.24, 2.45) is 0 Å². The van der Waals surface area contributed by atoms with E-state index >= 15 is 0 Å². The summed E-state index contributed by atoms with van der Waals surface area (Å²) < 4.78 is 38.9. The van der Waals surface area contributed by atoms with Gasteiger partial charge in [0.05, 0.1) is 0 Å². The van der Waals surface area contributed by atoms with Gasteiger partial charge in [0, 0.05) is 24.1 Å². The molecule has 0 aliphatic carbocycles. The number of alkyl halides is 1. The maximum absolute atomic E-state index is 13.5. The second-order valence-electron chi connectivity index (χ2n) is 4.21. The molecule has 1 rings (SSSR count). The van der Waals surface area contributed by atoms with Crippen LogP contribution in [0.15, 0.2) is 23.4 Å². The maximum atomic E-state index is 13.5. The molecular weight excluding hydrogens is 311 g/mol. The Kier molecular flexibility index (Phi) is 4.27. The Bertz CT molecular complexity index is 505. The van der Waals surface area contributed by atoms with Gasteiger partial charge < -0.3 is 0 Å². The van der Waals surface area contributed by atoms with Crippen molar-refractivity contribution in [3.63, 3.8) is 0 Å². The van der Waals surface area contributed by atoms with Gasteiger partial charge in [0.1, 0.15) is 0 Å². The third-order valence-electron chi connectivity index (χ3n) is 2.51. The van der Waals surface area contributed by atoms with Gasteiger partial charge in [-0.05, 0) is 26.0 Å². The van der Waals surface area contributed by atoms with Gasteiger partial charge in [-0.25, -0.2) is 17.8 Å². The van der Waals surface area contributed by atoms with E-state index in [0.717, 1.165) is 10.4 Å². The fraction of sp³-hybridized carbons (Fsp3) is 0.500. The summed E-state index contributed by atoms with van der Waals surface area (Å²) in [7, 11) is -2.51. The third-order valence-corrected chi connectivity index (χ3v) is 5.89. The van der Waals surface area contributed by atoms with Gasteiger partial charge in [-0.3, -0.25) is 0 Å². The number of pyridine rings is 1. The van der Waals surface area contributed by atoms with Crippen molar-refractivity contribution in [2.75, 3.05) is 12.4 Å². The molecule has 96 valence electrons. The quantitative estimate of drug-likeness (QED) is 0.796. The minimum Gasteiger partial charge on any atom is -0.241 e. The highest BCUT2D eigenvalue weighted by Gasteiger charge is 2.35. The van der Waals surface area contributed by atoms with E-state index in [2.05, 4.69) is 20.9 Å². The molecule has 0 N–H and O–H groups in total. The Morgan fingerprint density at radius 3 is 2.59 bits per heavy atom. The number of nitrogens with zero attached hydrogens (tertiary/aromatic N) is 2. The Morgan fingerprint density at radius 1 is 1.53 bits per heavy atom. The molecule has 0 spiro atoms. The first kappa shape index (κ1) is 14.5. The number of rotatable bonds is 4. The van der Waals surface area contributed by atoms with Crippen LogP contribution in [0.4, 0.5) is 4.39 Å². The molecule has 0 aliphatic heterocycles. The van der Waals surface area contributed by atoms with Gasteiger partial charge in [0.25, 0.3) is 10.0 Å². The van der Waals surface area contributed by atoms with Crippen molar-refractivity contribution in [3.8, 4) is 0 Å². The van der Waals surface area contributed by atoms with Gasteiger partial charge in [0.2, 0.25) is 5.03 Å². The lowest BCUT2D eigenvalue weighted by Gasteiger charge is -2.32. The van der Waals surface area contributed by atoms with E-state index in [0.29, 0.717) is 5.33 Å². The number of hydrogen-bond donors (Lipinski definition) is 0. The van der Waals surface area contributed by atoms with Crippen molar-refractivity contribution in [1.29, 1.82) is 0 Å². The highest BCUT2D eigenvalue weighted by molar-refractivity contribution is 9.09. The fourth-order valence-electron chi connectivity index (χ4n) is 1.10. The topological polar surface area (TPSA) is 50.3 Å². The predicted molar refractivity (Wildman–Crippen MR) is 67.0 cm³/mol. The van der Waals surface area contributed by atoms with Crippen LogP contribution in [0, 0.1) is 5.82 Å². The molecule has 0 amide bonds. The van der Waals surface area contributed by atoms with Gasteiger partial charge in [-0.2, -0.15) is 4.31 Å². The summed E-state index contributed by atoms with van der Waals surface area (Å²) in [6, 6.07) is 2.43. The summed E-state index contributed by atoms with van der Waals surface area (Å²) in [6.45, 7) is 3.47. The zero-order chi connectivity index (χ0) is 13.3. The molecule has 7 heteroatoms. The summed E-state index contributed by atoms with van der Waals surface area (Å²) in [4.78, 5) is 3.60. The highest BCUT2D eigenvalue weighted by atomic mass is 79.9. The molecule has 0 fully saturated rings. The molecule has 1 heterocycles. The molecule has 0 radical (unpaired) electrons. The number of halogens is 2. The van der Waals surface area contributed by atoms with E-state index in [1.54, 1.807) is 13.8 Å². The SMILES string of the molecule is CN(C(C)(C)CBr)S(=O)(=O)c1ncccc1F. The van der Waals surface area contributed by atoms with E-state index in [9.17, 15) is 12.8 Å². The first-order valence-corrected chi connectivity index (χ1v) is 7.45. The maximum Gasteiger partial charge on any atom is 0.263 e. The molecule has 0 atom stereocenters. The Labute approximate surface area is 109 Å². The normalized spacial score (nSPS) is 13.1. The highest BCUT2D eigenvalue weighted by Crippen LogP contribution is 2.24. The Hall–Kier alpha value is -0.530. The first-order chi connectivity index (χ1) is 7.73. The molecule has 0 aliphatic rings. The van der Waals surface area contributed by atoms with Crippen molar-refractivity contribution in [1.82, 2.24) is 9.29 Å². The van der Waals surface area contributed by atoms with Crippen molar-refractivity contribution in [3.05, 3.63) is 24.1 Å². The van der Waals surface area contributed by atoms with Gasteiger partial charge >= 0.3 is 0 Å². The van der Waals surface area contributed by atoms with E-state index < -0.39 is 26.4 Å². The van der Waals surface area contributed by atoms with Crippen LogP contribution in [0.3, 0.4) is 0 Å². The first-order valence-electron chi connectivity index (χ1n) is 4.89.